The summed E-state index contributed by atoms with van der Waals surface area (Å²) < 4.78 is 122. The number of carbonyl (C=O) groups is 9. The van der Waals surface area contributed by atoms with E-state index in [1.807, 2.05) is 0 Å². The van der Waals surface area contributed by atoms with Crippen LogP contribution in [0.3, 0.4) is 0 Å². The highest BCUT2D eigenvalue weighted by atomic mass is 35.5. The molecule has 2 aliphatic heterocycles. The first-order chi connectivity index (χ1) is 43.1. The van der Waals surface area contributed by atoms with Crippen molar-refractivity contribution < 1.29 is 101 Å². The molecule has 0 spiro atoms. The summed E-state index contributed by atoms with van der Waals surface area (Å²) in [6.45, 7) is -9.24. The molecular weight excluding hydrogens is 1160 g/mol. The predicted octanol–water partition coefficient (Wildman–Crippen LogP) is 9.29. The normalized spacial score (nSPS) is 23.6. The van der Waals surface area contributed by atoms with Gasteiger partial charge in [-0.05, 0) is 71.8 Å². The summed E-state index contributed by atoms with van der Waals surface area (Å²) in [7, 11) is 0. The van der Waals surface area contributed by atoms with Crippen LogP contribution >= 0.6 is 46.4 Å². The third-order valence-electron chi connectivity index (χ3n) is 12.8. The molecule has 21 nitrogen and oxygen atoms in total. The summed E-state index contributed by atoms with van der Waals surface area (Å²) in [5.41, 5.74) is 0.652. The maximum Gasteiger partial charge on any atom is 0.303 e. The third-order valence-corrected chi connectivity index (χ3v) is 13.9. The van der Waals surface area contributed by atoms with Gasteiger partial charge < -0.3 is 56.5 Å². The van der Waals surface area contributed by atoms with E-state index in [4.69, 9.17) is 105 Å². The molecule has 82 heavy (non-hydrogen) atoms. The minimum Gasteiger partial charge on any atom is -0.463 e. The summed E-state index contributed by atoms with van der Waals surface area (Å²) >= 11 is 27.7. The summed E-state index contributed by atoms with van der Waals surface area (Å²) in [5, 5.41) is 0.657. The molecule has 10 atom stereocenters. The van der Waals surface area contributed by atoms with Gasteiger partial charge in [-0.2, -0.15) is 0 Å². The lowest BCUT2D eigenvalue weighted by molar-refractivity contribution is -0.267. The van der Waals surface area contributed by atoms with E-state index in [2.05, 4.69) is 0 Å². The molecular formula is C57H52Cl4N2O19. The Kier molecular flexibility index (Phi) is 15.5. The second-order valence-electron chi connectivity index (χ2n) is 18.1. The zero-order valence-electron chi connectivity index (χ0n) is 50.6. The first-order valence-electron chi connectivity index (χ1n) is 29.7. The first-order valence-corrected chi connectivity index (χ1v) is 25.5. The highest BCUT2D eigenvalue weighted by Gasteiger charge is 2.55. The third kappa shape index (κ3) is 13.0. The number of ether oxygens (including phenoxy) is 10. The lowest BCUT2D eigenvalue weighted by atomic mass is 9.89. The first kappa shape index (κ1) is 50.2. The Morgan fingerprint density at radius 1 is 0.439 bits per heavy atom. The Balaban J connectivity index is 1.32. The van der Waals surface area contributed by atoms with E-state index in [-0.39, 0.29) is 75.3 Å². The van der Waals surface area contributed by atoms with E-state index in [1.54, 1.807) is 12.1 Å². The summed E-state index contributed by atoms with van der Waals surface area (Å²) in [6.07, 6.45) is -15.0. The topological polar surface area (TPSA) is 256 Å². The van der Waals surface area contributed by atoms with Gasteiger partial charge in [-0.1, -0.05) is 58.5 Å². The molecule has 4 heterocycles. The fraction of sp³-hybridized carbons (Fsp3) is 0.351. The number of halogens is 4. The van der Waals surface area contributed by atoms with Gasteiger partial charge in [0.1, 0.15) is 25.4 Å². The Labute approximate surface area is 498 Å². The van der Waals surface area contributed by atoms with Gasteiger partial charge in [0.05, 0.1) is 21.1 Å². The number of ketones is 1. The number of hydrogen-bond donors (Lipinski definition) is 0. The van der Waals surface area contributed by atoms with Crippen molar-refractivity contribution >= 4 is 122 Å². The average molecular weight is 1220 g/mol. The predicted molar refractivity (Wildman–Crippen MR) is 293 cm³/mol. The number of hydrogen-bond acceptors (Lipinski definition) is 19. The van der Waals surface area contributed by atoms with Gasteiger partial charge in [0, 0.05) is 122 Å². The molecule has 0 bridgehead atoms. The number of esters is 8. The minimum atomic E-state index is -1.89. The maximum atomic E-state index is 15.9. The molecule has 2 saturated heterocycles. The van der Waals surface area contributed by atoms with Gasteiger partial charge >= 0.3 is 47.8 Å². The van der Waals surface area contributed by atoms with E-state index in [1.165, 1.54) is 82.2 Å². The van der Waals surface area contributed by atoms with Gasteiger partial charge in [-0.3, -0.25) is 43.2 Å². The van der Waals surface area contributed by atoms with E-state index < -0.39 is 183 Å². The number of fused-ring (bicyclic) bond motifs is 2. The van der Waals surface area contributed by atoms with Crippen LogP contribution in [0.2, 0.25) is 20.1 Å². The van der Waals surface area contributed by atoms with Crippen LogP contribution in [0.1, 0.15) is 94.5 Å². The number of benzene rings is 4. The smallest absolute Gasteiger partial charge is 0.303 e. The number of rotatable bonds is 16. The Bertz CT molecular complexity index is 3510. The highest BCUT2D eigenvalue weighted by Crippen LogP contribution is 2.47. The Morgan fingerprint density at radius 3 is 1.13 bits per heavy atom. The van der Waals surface area contributed by atoms with Gasteiger partial charge in [0.15, 0.2) is 54.9 Å². The molecule has 25 heteroatoms. The molecule has 0 saturated carbocycles. The van der Waals surface area contributed by atoms with Crippen LogP contribution in [0, 0.1) is 0 Å². The highest BCUT2D eigenvalue weighted by molar-refractivity contribution is 6.38. The van der Waals surface area contributed by atoms with Crippen molar-refractivity contribution in [1.82, 2.24) is 9.13 Å². The lowest BCUT2D eigenvalue weighted by Crippen LogP contribution is -2.60. The van der Waals surface area contributed by atoms with Crippen molar-refractivity contribution in [1.29, 1.82) is 0 Å². The average Bonchev–Trinajstić information content (AvgIpc) is 1.54. The van der Waals surface area contributed by atoms with Crippen LogP contribution < -0.4 is 0 Å². The van der Waals surface area contributed by atoms with Crippen LogP contribution in [0.15, 0.2) is 85.2 Å². The molecule has 0 aliphatic carbocycles. The zero-order valence-corrected chi connectivity index (χ0v) is 45.6. The second-order valence-corrected chi connectivity index (χ2v) is 19.8. The molecule has 432 valence electrons. The van der Waals surface area contributed by atoms with Gasteiger partial charge in [-0.15, -0.1) is 0 Å². The van der Waals surface area contributed by atoms with Crippen molar-refractivity contribution in [3.05, 3.63) is 116 Å². The number of aromatic nitrogens is 2. The van der Waals surface area contributed by atoms with Gasteiger partial charge in [0.25, 0.3) is 0 Å². The van der Waals surface area contributed by atoms with Crippen LogP contribution in [0.5, 0.6) is 0 Å². The van der Waals surface area contributed by atoms with Crippen molar-refractivity contribution in [3.63, 3.8) is 0 Å². The van der Waals surface area contributed by atoms with Gasteiger partial charge in [0.2, 0.25) is 0 Å². The fourth-order valence-corrected chi connectivity index (χ4v) is 10.8. The molecule has 0 N–H and O–H groups in total. The van der Waals surface area contributed by atoms with Crippen LogP contribution in [0.4, 0.5) is 0 Å². The van der Waals surface area contributed by atoms with E-state index in [0.717, 1.165) is 0 Å². The molecule has 8 rings (SSSR count). The zero-order chi connectivity index (χ0) is 65.2. The molecule has 2 fully saturated rings. The molecule has 2 unspecified atom stereocenters. The lowest BCUT2D eigenvalue weighted by Gasteiger charge is -2.44. The molecule has 2 aliphatic rings. The standard InChI is InChI=1S/C57H52Cl4N2O19/c1-25(64)73-23-45-50(75-27(3)66)52(77-29(5)68)54(79-31(7)70)56(81-45)62-21-39(47-41(60)11-9-13-43(47)62)37-19-33(58)15-17-35(37)49(72)36-18-16-34(59)20-38(36)40-22-63(44-14-10-12-42(61)48(40)44)57-55(80-32(8)71)53(78-30(6)69)51(76-28(4)67)46(82-57)24-74-26(2)65/h9-22,45-46,50-57H,23-24H2,1-8H3/t45-,46-,50-,51-,52+,53+,54-,55-,56?,57?/m1/s1/i1D,2D,3D,4D,5D,6D,7D,8D. The molecule has 6 aromatic rings. The Hall–Kier alpha value is -7.53. The fourth-order valence-electron chi connectivity index (χ4n) is 9.96. The quantitative estimate of drug-likeness (QED) is 0.0497. The van der Waals surface area contributed by atoms with E-state index in [0.29, 0.717) is 0 Å². The number of carbonyl (C=O) groups excluding carboxylic acids is 9. The van der Waals surface area contributed by atoms with Crippen molar-refractivity contribution in [2.45, 2.75) is 116 Å². The maximum absolute atomic E-state index is 15.9. The molecule has 2 aromatic heterocycles. The monoisotopic (exact) mass is 1220 g/mol. The molecule has 0 radical (unpaired) electrons. The Morgan fingerprint density at radius 2 is 0.780 bits per heavy atom. The number of nitrogens with zero attached hydrogens (tertiary/aromatic N) is 2. The summed E-state index contributed by atoms with van der Waals surface area (Å²) in [4.78, 5) is 119. The molecule has 0 amide bonds. The minimum absolute atomic E-state index is 0.0520. The van der Waals surface area contributed by atoms with Crippen molar-refractivity contribution in [3.8, 4) is 22.3 Å². The van der Waals surface area contributed by atoms with E-state index in [9.17, 15) is 38.4 Å². The van der Waals surface area contributed by atoms with E-state index >= 15 is 4.79 Å². The largest absolute Gasteiger partial charge is 0.463 e. The van der Waals surface area contributed by atoms with Crippen LogP contribution in [0.25, 0.3) is 44.1 Å². The van der Waals surface area contributed by atoms with Gasteiger partial charge in [-0.25, -0.2) is 0 Å². The SMILES string of the molecule is [2H]CC(=O)OC[C@H]1OC(n2cc(-c3cc(Cl)ccc3C(=O)c3ccc(Cl)cc3-c3cn(C4O[C@H](COC(=O)C[2H])[C@@H](OC(=O)C[2H])[C@H](OC(=O)C[2H])[C@H]4OC(=O)C[2H])c4cccc(Cl)c34)c3c(Cl)cccc32)[C@H](OC(=O)C[2H])[C@@H](OC(=O)C[2H])[C@@H]1OC(=O)C[2H]. The molecule has 4 aromatic carbocycles. The summed E-state index contributed by atoms with van der Waals surface area (Å²) in [5.74, 6) is -10.1. The second kappa shape index (κ2) is 25.3. The van der Waals surface area contributed by atoms with Crippen LogP contribution in [-0.4, -0.2) is 125 Å². The van der Waals surface area contributed by atoms with Crippen molar-refractivity contribution in [2.24, 2.45) is 0 Å². The van der Waals surface area contributed by atoms with Crippen LogP contribution in [-0.2, 0) is 85.7 Å². The summed E-state index contributed by atoms with van der Waals surface area (Å²) in [6, 6.07) is 17.6. The van der Waals surface area contributed by atoms with Crippen molar-refractivity contribution in [2.75, 3.05) is 13.2 Å².